The normalized spacial score (nSPS) is 13.7. The van der Waals surface area contributed by atoms with E-state index in [1.165, 1.54) is 0 Å². The quantitative estimate of drug-likeness (QED) is 0.379. The van der Waals surface area contributed by atoms with E-state index in [1.54, 1.807) is 0 Å². The summed E-state index contributed by atoms with van der Waals surface area (Å²) in [4.78, 5) is 0. The Morgan fingerprint density at radius 1 is 1.33 bits per heavy atom. The molecule has 0 spiro atoms. The van der Waals surface area contributed by atoms with Gasteiger partial charge in [-0.05, 0) is 0 Å². The Kier molecular flexibility index (Phi) is 2.68. The van der Waals surface area contributed by atoms with E-state index in [4.69, 9.17) is 11.3 Å². The van der Waals surface area contributed by atoms with E-state index in [0.29, 0.717) is 0 Å². The number of hydrogen-bond acceptors (Lipinski definition) is 4. The zero-order valence-corrected chi connectivity index (χ0v) is 7.20. The molecule has 3 N–H and O–H groups in total. The third kappa shape index (κ3) is 8.41. The summed E-state index contributed by atoms with van der Waals surface area (Å²) in [6.07, 6.45) is 0. The Balaban J connectivity index is 4.26. The first-order valence-corrected chi connectivity index (χ1v) is 7.18. The third-order valence-electron chi connectivity index (χ3n) is 0.191. The van der Waals surface area contributed by atoms with Crippen LogP contribution >= 0.6 is 0 Å². The van der Waals surface area contributed by atoms with E-state index >= 15 is 0 Å². The fourth-order valence-corrected chi connectivity index (χ4v) is 2.47. The zero-order valence-electron chi connectivity index (χ0n) is 3.83. The second-order valence-electron chi connectivity index (χ2n) is 0.993. The molecule has 0 rings (SSSR count). The molecule has 0 aromatic rings. The van der Waals surface area contributed by atoms with E-state index in [0.717, 1.165) is 0 Å². The van der Waals surface area contributed by atoms with Crippen LogP contribution in [-0.4, -0.2) is 39.8 Å². The van der Waals surface area contributed by atoms with Gasteiger partial charge in [0.05, 0.1) is 0 Å². The predicted molar refractivity (Wildman–Crippen MR) is 23.5 cm³/mol. The average molecular weight is 269 g/mol. The van der Waals surface area contributed by atoms with Gasteiger partial charge in [0.15, 0.2) is 0 Å². The van der Waals surface area contributed by atoms with Gasteiger partial charge in [-0.2, -0.15) is 0 Å². The second-order valence-corrected chi connectivity index (χ2v) is 6.07. The van der Waals surface area contributed by atoms with Crippen molar-refractivity contribution in [3.63, 3.8) is 0 Å². The topological polar surface area (TPSA) is 121 Å². The molecule has 0 aliphatic heterocycles. The van der Waals surface area contributed by atoms with Crippen molar-refractivity contribution in [3.8, 4) is 0 Å². The summed E-state index contributed by atoms with van der Waals surface area (Å²) in [7, 11) is -5.01. The van der Waals surface area contributed by atoms with Crippen molar-refractivity contribution in [1.29, 1.82) is 0 Å². The van der Waals surface area contributed by atoms with Crippen LogP contribution in [0.15, 0.2) is 0 Å². The summed E-state index contributed by atoms with van der Waals surface area (Å²) in [6.45, 7) is 0. The van der Waals surface area contributed by atoms with Crippen LogP contribution in [0, 0.1) is 0 Å². The Labute approximate surface area is 55.9 Å². The summed E-state index contributed by atoms with van der Waals surface area (Å²) >= 11 is -5.94. The van der Waals surface area contributed by atoms with Gasteiger partial charge in [0.25, 0.3) is 0 Å². The second kappa shape index (κ2) is 2.57. The van der Waals surface area contributed by atoms with E-state index in [2.05, 4.69) is 2.46 Å². The fourth-order valence-electron chi connectivity index (χ4n) is 0.123. The van der Waals surface area contributed by atoms with Crippen LogP contribution in [0.1, 0.15) is 0 Å². The Morgan fingerprint density at radius 3 is 1.67 bits per heavy atom. The Hall–Kier alpha value is 0.408. The molecule has 9 heavy (non-hydrogen) atoms. The van der Waals surface area contributed by atoms with Crippen molar-refractivity contribution in [1.82, 2.24) is 0 Å². The number of rotatable bonds is 2. The molecule has 0 saturated carbocycles. The van der Waals surface area contributed by atoms with E-state index in [1.807, 2.05) is 0 Å². The van der Waals surface area contributed by atoms with Gasteiger partial charge in [-0.1, -0.05) is 0 Å². The Bertz CT molecular complexity index is 215. The SMILES string of the molecule is O=S(=O)(O)[O][Sb](=[O])([OH])[OH]. The molecular weight excluding hydrogens is 266 g/mol. The maximum absolute atomic E-state index is 9.67. The molecule has 0 amide bonds. The molecule has 0 fully saturated rings. The monoisotopic (exact) mass is 268 g/mol. The number of hydrogen-bond donors (Lipinski definition) is 3. The van der Waals surface area contributed by atoms with Crippen LogP contribution < -0.4 is 0 Å². The molecule has 0 aromatic carbocycles. The van der Waals surface area contributed by atoms with Crippen LogP contribution in [0.2, 0.25) is 0 Å². The molecule has 0 saturated heterocycles. The van der Waals surface area contributed by atoms with Crippen molar-refractivity contribution in [2.75, 3.05) is 0 Å². The molecule has 0 radical (unpaired) electrons. The molecule has 0 unspecified atom stereocenters. The molecule has 0 atom stereocenters. The molecule has 56 valence electrons. The average Bonchev–Trinajstić information content (AvgIpc) is 1.14. The molecule has 0 bridgehead atoms. The van der Waals surface area contributed by atoms with Gasteiger partial charge < -0.3 is 0 Å². The summed E-state index contributed by atoms with van der Waals surface area (Å²) in [5.74, 6) is 0. The minimum absolute atomic E-state index is 2.91. The van der Waals surface area contributed by atoms with Crippen molar-refractivity contribution < 1.29 is 25.2 Å². The first kappa shape index (κ1) is 9.41. The summed E-state index contributed by atoms with van der Waals surface area (Å²) in [5.41, 5.74) is 0. The molecule has 9 heteroatoms. The maximum atomic E-state index is 9.67. The van der Waals surface area contributed by atoms with E-state index < -0.39 is 30.5 Å². The van der Waals surface area contributed by atoms with Crippen molar-refractivity contribution in [3.05, 3.63) is 0 Å². The first-order valence-electron chi connectivity index (χ1n) is 1.45. The molecular formula is H3O7SSb. The van der Waals surface area contributed by atoms with Crippen LogP contribution in [-0.2, 0) is 15.9 Å². The van der Waals surface area contributed by atoms with E-state index in [9.17, 15) is 11.4 Å². The molecule has 7 nitrogen and oxygen atoms in total. The summed E-state index contributed by atoms with van der Waals surface area (Å²) < 4.78 is 54.8. The van der Waals surface area contributed by atoms with Crippen LogP contribution in [0.5, 0.6) is 0 Å². The standard InChI is InChI=1S/H2O4S.2H2O.O.Sb/c1-5(2,3)4;;;;/h(H2,1,2,3,4);2*1H2;;/q;;;;+3/p-3. The molecule has 0 aromatic heterocycles. The Morgan fingerprint density at radius 2 is 1.67 bits per heavy atom. The predicted octanol–water partition coefficient (Wildman–Crippen LogP) is -2.34. The van der Waals surface area contributed by atoms with E-state index in [-0.39, 0.29) is 0 Å². The van der Waals surface area contributed by atoms with Crippen molar-refractivity contribution in [2.24, 2.45) is 0 Å². The fraction of sp³-hybridized carbons (Fsp3) is 0. The molecule has 0 heterocycles. The van der Waals surface area contributed by atoms with Crippen LogP contribution in [0.3, 0.4) is 0 Å². The van der Waals surface area contributed by atoms with Gasteiger partial charge in [-0.3, -0.25) is 0 Å². The summed E-state index contributed by atoms with van der Waals surface area (Å²) in [6, 6.07) is 0. The minimum atomic E-state index is -5.94. The summed E-state index contributed by atoms with van der Waals surface area (Å²) in [5, 5.41) is 0. The van der Waals surface area contributed by atoms with Crippen LogP contribution in [0.25, 0.3) is 0 Å². The van der Waals surface area contributed by atoms with Gasteiger partial charge in [0.1, 0.15) is 0 Å². The molecule has 0 aliphatic carbocycles. The first-order chi connectivity index (χ1) is 3.71. The van der Waals surface area contributed by atoms with Crippen LogP contribution in [0.4, 0.5) is 0 Å². The molecule has 0 aliphatic rings. The van der Waals surface area contributed by atoms with Gasteiger partial charge >= 0.3 is 55.7 Å². The van der Waals surface area contributed by atoms with Gasteiger partial charge in [-0.15, -0.1) is 0 Å². The van der Waals surface area contributed by atoms with Crippen molar-refractivity contribution in [2.45, 2.75) is 0 Å². The van der Waals surface area contributed by atoms with Crippen molar-refractivity contribution >= 4 is 30.5 Å². The van der Waals surface area contributed by atoms with Gasteiger partial charge in [0.2, 0.25) is 0 Å². The van der Waals surface area contributed by atoms with Gasteiger partial charge in [-0.25, -0.2) is 0 Å². The van der Waals surface area contributed by atoms with Gasteiger partial charge in [0, 0.05) is 0 Å². The third-order valence-corrected chi connectivity index (χ3v) is 3.85. The zero-order chi connectivity index (χ0) is 7.71.